The highest BCUT2D eigenvalue weighted by Crippen LogP contribution is 2.41. The monoisotopic (exact) mass is 493 g/mol. The van der Waals surface area contributed by atoms with Gasteiger partial charge in [0.25, 0.3) is 5.56 Å². The van der Waals surface area contributed by atoms with Gasteiger partial charge in [-0.15, -0.1) is 11.3 Å². The van der Waals surface area contributed by atoms with E-state index < -0.39 is 6.10 Å². The van der Waals surface area contributed by atoms with Crippen molar-refractivity contribution in [2.24, 2.45) is 0 Å². The summed E-state index contributed by atoms with van der Waals surface area (Å²) in [5, 5.41) is 12.0. The van der Waals surface area contributed by atoms with E-state index in [0.717, 1.165) is 70.5 Å². The molecule has 0 fully saturated rings. The van der Waals surface area contributed by atoms with E-state index in [1.807, 2.05) is 16.7 Å². The van der Waals surface area contributed by atoms with E-state index in [1.54, 1.807) is 0 Å². The van der Waals surface area contributed by atoms with Crippen molar-refractivity contribution >= 4 is 47.6 Å². The highest BCUT2D eigenvalue weighted by molar-refractivity contribution is 9.10. The normalized spacial score (nSPS) is 15.5. The molecule has 1 N–H and O–H groups in total. The van der Waals surface area contributed by atoms with Gasteiger partial charge in [-0.05, 0) is 47.9 Å². The van der Waals surface area contributed by atoms with Gasteiger partial charge in [0, 0.05) is 24.9 Å². The lowest BCUT2D eigenvalue weighted by Crippen LogP contribution is -2.35. The highest BCUT2D eigenvalue weighted by Gasteiger charge is 2.21. The van der Waals surface area contributed by atoms with Crippen LogP contribution in [-0.4, -0.2) is 51.9 Å². The minimum Gasteiger partial charge on any atom is -0.488 e. The summed E-state index contributed by atoms with van der Waals surface area (Å²) >= 11 is 5.08. The minimum absolute atomic E-state index is 0.0537. The van der Waals surface area contributed by atoms with Crippen LogP contribution in [0.25, 0.3) is 20.3 Å². The number of benzene rings is 1. The Morgan fingerprint density at radius 1 is 1.30 bits per heavy atom. The first-order chi connectivity index (χ1) is 14.5. The molecule has 4 rings (SSSR count). The minimum atomic E-state index is -0.582. The number of aliphatic hydroxyl groups excluding tert-OH is 1. The maximum absolute atomic E-state index is 13.3. The van der Waals surface area contributed by atoms with Gasteiger partial charge in [-0.3, -0.25) is 9.36 Å². The number of aryl methyl sites for hydroxylation is 1. The number of nitrogens with zero attached hydrogens (tertiary/aromatic N) is 3. The summed E-state index contributed by atoms with van der Waals surface area (Å²) in [4.78, 5) is 21.1. The summed E-state index contributed by atoms with van der Waals surface area (Å²) < 4.78 is 9.65. The van der Waals surface area contributed by atoms with Gasteiger partial charge in [-0.25, -0.2) is 4.98 Å². The van der Waals surface area contributed by atoms with Crippen LogP contribution in [0.5, 0.6) is 5.75 Å². The number of rotatable bonds is 7. The number of halogens is 1. The molecule has 0 radical (unpaired) electrons. The molecule has 1 aliphatic rings. The molecule has 8 heteroatoms. The topological polar surface area (TPSA) is 67.6 Å². The molecule has 1 aliphatic heterocycles. The third-order valence-electron chi connectivity index (χ3n) is 5.81. The van der Waals surface area contributed by atoms with Crippen LogP contribution < -0.4 is 10.3 Å². The average molecular weight is 494 g/mol. The molecule has 2 aromatic heterocycles. The zero-order valence-corrected chi connectivity index (χ0v) is 19.9. The summed E-state index contributed by atoms with van der Waals surface area (Å²) in [7, 11) is 0. The van der Waals surface area contributed by atoms with Crippen molar-refractivity contribution in [3.63, 3.8) is 0 Å². The fourth-order valence-electron chi connectivity index (χ4n) is 4.11. The standard InChI is InChI=1S/C22H28BrN3O3S/c1-3-25(4-2)12-14(27)13-29-19-16(23)10-9-15-18-21(30-20(15)19)24-17-8-6-5-7-11-26(17)22(18)28/h9-10,14,27H,3-8,11-13H2,1-2H3/t14-/m1/s1. The highest BCUT2D eigenvalue weighted by atomic mass is 79.9. The number of aliphatic hydroxyl groups is 1. The number of hydrogen-bond donors (Lipinski definition) is 1. The number of fused-ring (bicyclic) bond motifs is 4. The Morgan fingerprint density at radius 2 is 2.10 bits per heavy atom. The van der Waals surface area contributed by atoms with Crippen molar-refractivity contribution in [1.82, 2.24) is 14.5 Å². The maximum atomic E-state index is 13.3. The first-order valence-corrected chi connectivity index (χ1v) is 12.3. The van der Waals surface area contributed by atoms with Crippen molar-refractivity contribution in [3.8, 4) is 5.75 Å². The molecule has 6 nitrogen and oxygen atoms in total. The number of likely N-dealkylation sites (N-methyl/N-ethyl adjacent to an activating group) is 1. The summed E-state index contributed by atoms with van der Waals surface area (Å²) in [5.41, 5.74) is 0.0537. The van der Waals surface area contributed by atoms with Crippen LogP contribution in [-0.2, 0) is 13.0 Å². The Balaban J connectivity index is 1.71. The second kappa shape index (κ2) is 9.34. The number of ether oxygens (including phenoxy) is 1. The van der Waals surface area contributed by atoms with Gasteiger partial charge in [0.1, 0.15) is 23.4 Å². The smallest absolute Gasteiger partial charge is 0.262 e. The first kappa shape index (κ1) is 21.7. The van der Waals surface area contributed by atoms with E-state index >= 15 is 0 Å². The van der Waals surface area contributed by atoms with Gasteiger partial charge in [-0.1, -0.05) is 26.3 Å². The molecule has 3 aromatic rings. The van der Waals surface area contributed by atoms with Crippen LogP contribution in [0.15, 0.2) is 21.4 Å². The van der Waals surface area contributed by atoms with E-state index in [2.05, 4.69) is 34.7 Å². The van der Waals surface area contributed by atoms with Crippen LogP contribution in [0.4, 0.5) is 0 Å². The lowest BCUT2D eigenvalue weighted by atomic mass is 10.2. The lowest BCUT2D eigenvalue weighted by Gasteiger charge is -2.22. The van der Waals surface area contributed by atoms with Gasteiger partial charge in [0.05, 0.1) is 14.6 Å². The molecule has 0 saturated carbocycles. The quantitative estimate of drug-likeness (QED) is 0.534. The second-order valence-corrected chi connectivity index (χ2v) is 9.63. The molecular formula is C22H28BrN3O3S. The Labute approximate surface area is 188 Å². The molecule has 0 amide bonds. The van der Waals surface area contributed by atoms with E-state index in [4.69, 9.17) is 9.72 Å². The molecule has 1 aromatic carbocycles. The molecule has 0 aliphatic carbocycles. The molecule has 0 saturated heterocycles. The SMILES string of the molecule is CCN(CC)C[C@@H](O)COc1c(Br)ccc2c1sc1nc3n(c(=O)c12)CCCCC3. The third-order valence-corrected chi connectivity index (χ3v) is 7.54. The largest absolute Gasteiger partial charge is 0.488 e. The molecule has 0 spiro atoms. The van der Waals surface area contributed by atoms with Crippen LogP contribution in [0.1, 0.15) is 38.9 Å². The zero-order chi connectivity index (χ0) is 21.3. The van der Waals surface area contributed by atoms with Crippen molar-refractivity contribution in [2.45, 2.75) is 52.2 Å². The molecular weight excluding hydrogens is 466 g/mol. The summed E-state index contributed by atoms with van der Waals surface area (Å²) in [6.45, 7) is 7.46. The van der Waals surface area contributed by atoms with E-state index in [0.29, 0.717) is 17.7 Å². The van der Waals surface area contributed by atoms with Gasteiger partial charge in [0.2, 0.25) is 0 Å². The Hall–Kier alpha value is -1.48. The van der Waals surface area contributed by atoms with Gasteiger partial charge in [-0.2, -0.15) is 0 Å². The Morgan fingerprint density at radius 3 is 2.87 bits per heavy atom. The van der Waals surface area contributed by atoms with Gasteiger partial charge >= 0.3 is 0 Å². The average Bonchev–Trinajstić information content (AvgIpc) is 2.93. The van der Waals surface area contributed by atoms with Crippen molar-refractivity contribution < 1.29 is 9.84 Å². The zero-order valence-electron chi connectivity index (χ0n) is 17.5. The van der Waals surface area contributed by atoms with Crippen LogP contribution in [0, 0.1) is 0 Å². The summed E-state index contributed by atoms with van der Waals surface area (Å²) in [6.07, 6.45) is 3.50. The molecule has 1 atom stereocenters. The number of aromatic nitrogens is 2. The number of hydrogen-bond acceptors (Lipinski definition) is 6. The van der Waals surface area contributed by atoms with E-state index in [-0.39, 0.29) is 12.2 Å². The maximum Gasteiger partial charge on any atom is 0.262 e. The van der Waals surface area contributed by atoms with Gasteiger partial charge in [0.15, 0.2) is 5.75 Å². The van der Waals surface area contributed by atoms with Crippen LogP contribution in [0.3, 0.4) is 0 Å². The molecule has 3 heterocycles. The number of thiophene rings is 1. The molecule has 162 valence electrons. The Bertz CT molecular complexity index is 1110. The van der Waals surface area contributed by atoms with E-state index in [1.165, 1.54) is 11.3 Å². The van der Waals surface area contributed by atoms with Crippen LogP contribution in [0.2, 0.25) is 0 Å². The molecule has 0 unspecified atom stereocenters. The first-order valence-electron chi connectivity index (χ1n) is 10.7. The van der Waals surface area contributed by atoms with Crippen molar-refractivity contribution in [1.29, 1.82) is 0 Å². The summed E-state index contributed by atoms with van der Waals surface area (Å²) in [5.74, 6) is 1.57. The lowest BCUT2D eigenvalue weighted by molar-refractivity contribution is 0.0720. The molecule has 0 bridgehead atoms. The fraction of sp³-hybridized carbons (Fsp3) is 0.545. The summed E-state index contributed by atoms with van der Waals surface area (Å²) in [6, 6.07) is 3.88. The predicted octanol–water partition coefficient (Wildman–Crippen LogP) is 4.18. The second-order valence-electron chi connectivity index (χ2n) is 7.78. The van der Waals surface area contributed by atoms with Crippen molar-refractivity contribution in [2.75, 3.05) is 26.2 Å². The van der Waals surface area contributed by atoms with E-state index in [9.17, 15) is 9.90 Å². The van der Waals surface area contributed by atoms with Crippen molar-refractivity contribution in [3.05, 3.63) is 32.8 Å². The third kappa shape index (κ3) is 4.15. The Kier molecular flexibility index (Phi) is 6.77. The van der Waals surface area contributed by atoms with Gasteiger partial charge < -0.3 is 14.7 Å². The van der Waals surface area contributed by atoms with Crippen LogP contribution >= 0.6 is 27.3 Å². The fourth-order valence-corrected chi connectivity index (χ4v) is 5.87. The molecule has 30 heavy (non-hydrogen) atoms. The predicted molar refractivity (Wildman–Crippen MR) is 126 cm³/mol.